The second-order valence-corrected chi connectivity index (χ2v) is 10.5. The van der Waals surface area contributed by atoms with E-state index in [0.717, 1.165) is 18.4 Å². The summed E-state index contributed by atoms with van der Waals surface area (Å²) in [7, 11) is 0. The summed E-state index contributed by atoms with van der Waals surface area (Å²) in [6.45, 7) is 1.97. The summed E-state index contributed by atoms with van der Waals surface area (Å²) in [5.74, 6) is -0.755. The number of benzene rings is 3. The van der Waals surface area contributed by atoms with Crippen LogP contribution in [0.5, 0.6) is 0 Å². The summed E-state index contributed by atoms with van der Waals surface area (Å²) in [5.41, 5.74) is 9.70. The molecule has 0 amide bonds. The molecule has 10 heteroatoms. The van der Waals surface area contributed by atoms with E-state index >= 15 is 0 Å². The van der Waals surface area contributed by atoms with E-state index in [4.69, 9.17) is 11.6 Å². The minimum atomic E-state index is -1.57. The number of fused-ring (bicyclic) bond motifs is 1. The molecule has 4 N–H and O–H groups in total. The third kappa shape index (κ3) is 5.62. The number of rotatable bonds is 9. The molecule has 1 aromatic heterocycles. The standard InChI is InChI=1S/C31H28ClF2N7/c1-2-27(19-4-3-5-22(34)12-19)38-29-20(15-35)16-36-31-25(29)13-23(14-26(31)32)37-30(18-6-8-21(33)9-7-18)28-17-41(40-39-28)24-10-11-24/h3-9,12-14,16-17,24,27,30,37,39-40H,2,10-11H2,1H3,(H,36,38)/t27-,30-/m1/s1/i30D. The Labute approximate surface area is 243 Å². The molecule has 2 aliphatic rings. The van der Waals surface area contributed by atoms with E-state index < -0.39 is 11.8 Å². The van der Waals surface area contributed by atoms with E-state index in [1.807, 2.05) is 24.2 Å². The van der Waals surface area contributed by atoms with Crippen LogP contribution in [-0.2, 0) is 0 Å². The number of aromatic nitrogens is 1. The average Bonchev–Trinajstić information content (AvgIpc) is 3.71. The van der Waals surface area contributed by atoms with Gasteiger partial charge < -0.3 is 16.1 Å². The van der Waals surface area contributed by atoms with Gasteiger partial charge in [-0.05, 0) is 66.8 Å². The molecular weight excluding hydrogens is 544 g/mol. The minimum Gasteiger partial charge on any atom is -0.377 e. The highest BCUT2D eigenvalue weighted by molar-refractivity contribution is 6.35. The summed E-state index contributed by atoms with van der Waals surface area (Å²) in [6, 6.07) is 16.2. The first kappa shape index (κ1) is 25.6. The number of hydrogen-bond donors (Lipinski definition) is 4. The topological polar surface area (TPSA) is 88.0 Å². The van der Waals surface area contributed by atoms with Gasteiger partial charge in [-0.15, -0.1) is 5.53 Å². The first-order valence-electron chi connectivity index (χ1n) is 13.9. The maximum atomic E-state index is 14.1. The maximum absolute atomic E-state index is 14.1. The summed E-state index contributed by atoms with van der Waals surface area (Å²) in [4.78, 5) is 4.44. The maximum Gasteiger partial charge on any atom is 0.123 e. The van der Waals surface area contributed by atoms with Crippen LogP contribution in [0.3, 0.4) is 0 Å². The van der Waals surface area contributed by atoms with Crippen molar-refractivity contribution in [1.82, 2.24) is 21.0 Å². The predicted molar refractivity (Wildman–Crippen MR) is 157 cm³/mol. The molecule has 3 aromatic carbocycles. The Balaban J connectivity index is 1.44. The van der Waals surface area contributed by atoms with E-state index in [9.17, 15) is 15.4 Å². The summed E-state index contributed by atoms with van der Waals surface area (Å²) >= 11 is 6.74. The molecule has 6 rings (SSSR count). The van der Waals surface area contributed by atoms with Gasteiger partial charge in [-0.3, -0.25) is 9.99 Å². The highest BCUT2D eigenvalue weighted by Gasteiger charge is 2.32. The molecular formula is C31H28ClF2N7. The zero-order valence-corrected chi connectivity index (χ0v) is 22.9. The lowest BCUT2D eigenvalue weighted by molar-refractivity contribution is 0.260. The Bertz CT molecular complexity index is 1720. The van der Waals surface area contributed by atoms with Crippen molar-refractivity contribution in [3.8, 4) is 6.07 Å². The number of pyridine rings is 1. The average molecular weight is 573 g/mol. The second kappa shape index (κ2) is 11.2. The van der Waals surface area contributed by atoms with Crippen LogP contribution in [0, 0.1) is 23.0 Å². The van der Waals surface area contributed by atoms with Crippen molar-refractivity contribution in [2.45, 2.75) is 44.3 Å². The fraction of sp³-hybridized carbons (Fsp3) is 0.226. The number of hydrazine groups is 2. The van der Waals surface area contributed by atoms with Crippen LogP contribution in [0.25, 0.3) is 10.9 Å². The smallest absolute Gasteiger partial charge is 0.123 e. The molecule has 0 unspecified atom stereocenters. The molecule has 41 heavy (non-hydrogen) atoms. The van der Waals surface area contributed by atoms with E-state index in [1.54, 1.807) is 30.3 Å². The van der Waals surface area contributed by atoms with Crippen LogP contribution >= 0.6 is 11.6 Å². The van der Waals surface area contributed by atoms with Crippen LogP contribution in [0.2, 0.25) is 5.02 Å². The van der Waals surface area contributed by atoms with E-state index in [0.29, 0.717) is 56.6 Å². The molecule has 0 bridgehead atoms. The van der Waals surface area contributed by atoms with Crippen molar-refractivity contribution < 1.29 is 10.2 Å². The van der Waals surface area contributed by atoms with Gasteiger partial charge in [-0.25, -0.2) is 8.78 Å². The predicted octanol–water partition coefficient (Wildman–Crippen LogP) is 7.08. The van der Waals surface area contributed by atoms with Gasteiger partial charge >= 0.3 is 0 Å². The van der Waals surface area contributed by atoms with Crippen molar-refractivity contribution in [3.05, 3.63) is 112 Å². The van der Waals surface area contributed by atoms with Crippen molar-refractivity contribution in [2.24, 2.45) is 0 Å². The van der Waals surface area contributed by atoms with Crippen LogP contribution in [0.4, 0.5) is 20.2 Å². The van der Waals surface area contributed by atoms with Crippen LogP contribution in [0.15, 0.2) is 78.8 Å². The molecule has 1 saturated carbocycles. The minimum absolute atomic E-state index is 0.296. The van der Waals surface area contributed by atoms with Gasteiger partial charge in [0.1, 0.15) is 17.7 Å². The zero-order valence-electron chi connectivity index (χ0n) is 23.2. The van der Waals surface area contributed by atoms with Crippen molar-refractivity contribution in [3.63, 3.8) is 0 Å². The first-order valence-corrected chi connectivity index (χ1v) is 13.8. The lowest BCUT2D eigenvalue weighted by Gasteiger charge is -2.23. The Morgan fingerprint density at radius 3 is 2.63 bits per heavy atom. The first-order chi connectivity index (χ1) is 20.3. The van der Waals surface area contributed by atoms with E-state index in [2.05, 4.69) is 32.6 Å². The lowest BCUT2D eigenvalue weighted by atomic mass is 10.0. The highest BCUT2D eigenvalue weighted by atomic mass is 35.5. The fourth-order valence-corrected chi connectivity index (χ4v) is 5.22. The SMILES string of the molecule is [2H][C@](Nc1cc(Cl)c2ncc(C#N)c(N[C@H](CC)c3cccc(F)c3)c2c1)(C1=CN(C2CC2)NN1)c1ccc(F)cc1. The van der Waals surface area contributed by atoms with E-state index in [1.165, 1.54) is 30.5 Å². The quantitative estimate of drug-likeness (QED) is 0.170. The monoisotopic (exact) mass is 572 g/mol. The van der Waals surface area contributed by atoms with Gasteiger partial charge in [0.2, 0.25) is 0 Å². The number of halogens is 3. The zero-order chi connectivity index (χ0) is 29.4. The Hall–Kier alpha value is -4.39. The van der Waals surface area contributed by atoms with Crippen LogP contribution in [-0.4, -0.2) is 16.0 Å². The molecule has 7 nitrogen and oxygen atoms in total. The van der Waals surface area contributed by atoms with Gasteiger partial charge in [-0.1, -0.05) is 42.8 Å². The lowest BCUT2D eigenvalue weighted by Crippen LogP contribution is -2.38. The van der Waals surface area contributed by atoms with Gasteiger partial charge in [0.25, 0.3) is 0 Å². The fourth-order valence-electron chi connectivity index (χ4n) is 4.95. The third-order valence-electron chi connectivity index (χ3n) is 7.22. The molecule has 1 fully saturated rings. The molecule has 0 spiro atoms. The summed E-state index contributed by atoms with van der Waals surface area (Å²) in [6.07, 6.45) is 6.02. The van der Waals surface area contributed by atoms with Gasteiger partial charge in [0.05, 0.1) is 40.9 Å². The molecule has 1 aliphatic carbocycles. The van der Waals surface area contributed by atoms with Crippen molar-refractivity contribution in [2.75, 3.05) is 10.6 Å². The Morgan fingerprint density at radius 1 is 1.12 bits per heavy atom. The summed E-state index contributed by atoms with van der Waals surface area (Å²) < 4.78 is 37.5. The van der Waals surface area contributed by atoms with Crippen molar-refractivity contribution >= 4 is 33.9 Å². The van der Waals surface area contributed by atoms with Gasteiger partial charge in [-0.2, -0.15) is 5.26 Å². The highest BCUT2D eigenvalue weighted by Crippen LogP contribution is 2.38. The normalized spacial score (nSPS) is 17.2. The molecule has 208 valence electrons. The van der Waals surface area contributed by atoms with Crippen LogP contribution < -0.4 is 21.6 Å². The molecule has 4 aromatic rings. The summed E-state index contributed by atoms with van der Waals surface area (Å²) in [5, 5.41) is 19.5. The third-order valence-corrected chi connectivity index (χ3v) is 7.51. The number of hydrogen-bond acceptors (Lipinski definition) is 7. The van der Waals surface area contributed by atoms with Crippen molar-refractivity contribution in [1.29, 1.82) is 5.26 Å². The number of anilines is 2. The molecule has 0 saturated heterocycles. The number of nitriles is 1. The molecule has 1 aliphatic heterocycles. The molecule has 2 atom stereocenters. The number of nitrogens with zero attached hydrogens (tertiary/aromatic N) is 3. The number of nitrogens with one attached hydrogen (secondary N) is 4. The Morgan fingerprint density at radius 2 is 1.93 bits per heavy atom. The largest absolute Gasteiger partial charge is 0.377 e. The second-order valence-electron chi connectivity index (χ2n) is 10.1. The Kier molecular flexibility index (Phi) is 7.01. The molecule has 2 heterocycles. The van der Waals surface area contributed by atoms with E-state index in [-0.39, 0.29) is 11.9 Å². The van der Waals surface area contributed by atoms with Crippen LogP contribution in [0.1, 0.15) is 56.3 Å². The van der Waals surface area contributed by atoms with Gasteiger partial charge in [0, 0.05) is 29.5 Å². The molecule has 0 radical (unpaired) electrons. The van der Waals surface area contributed by atoms with Gasteiger partial charge in [0.15, 0.2) is 0 Å².